The molecule has 22 heavy (non-hydrogen) atoms. The van der Waals surface area contributed by atoms with E-state index in [1.54, 1.807) is 0 Å². The van der Waals surface area contributed by atoms with Crippen molar-refractivity contribution in [2.24, 2.45) is 5.41 Å². The van der Waals surface area contributed by atoms with Gasteiger partial charge in [0.15, 0.2) is 0 Å². The van der Waals surface area contributed by atoms with Gasteiger partial charge in [0.25, 0.3) is 0 Å². The van der Waals surface area contributed by atoms with Gasteiger partial charge in [0, 0.05) is 18.8 Å². The molecule has 0 N–H and O–H groups in total. The predicted octanol–water partition coefficient (Wildman–Crippen LogP) is 5.95. The van der Waals surface area contributed by atoms with Gasteiger partial charge in [-0.25, -0.2) is 0 Å². The summed E-state index contributed by atoms with van der Waals surface area (Å²) in [5, 5.41) is 0. The SMILES string of the molecule is C=CCSN(CC)CC(C)(C)CCCN(C)C.CC.CCC. The van der Waals surface area contributed by atoms with Gasteiger partial charge in [0.2, 0.25) is 0 Å². The van der Waals surface area contributed by atoms with E-state index in [0.717, 1.165) is 18.8 Å². The second-order valence-corrected chi connectivity index (χ2v) is 7.43. The van der Waals surface area contributed by atoms with Crippen molar-refractivity contribution in [3.05, 3.63) is 12.7 Å². The van der Waals surface area contributed by atoms with Gasteiger partial charge in [-0.2, -0.15) is 0 Å². The molecule has 2 nitrogen and oxygen atoms in total. The number of hydrogen-bond donors (Lipinski definition) is 0. The van der Waals surface area contributed by atoms with Gasteiger partial charge < -0.3 is 4.90 Å². The largest absolute Gasteiger partial charge is 0.309 e. The van der Waals surface area contributed by atoms with Gasteiger partial charge in [-0.1, -0.05) is 72.9 Å². The van der Waals surface area contributed by atoms with Crippen LogP contribution in [-0.2, 0) is 0 Å². The number of nitrogens with zero attached hydrogens (tertiary/aromatic N) is 2. The van der Waals surface area contributed by atoms with Crippen LogP contribution in [0.5, 0.6) is 0 Å². The van der Waals surface area contributed by atoms with E-state index in [4.69, 9.17) is 0 Å². The molecule has 0 aliphatic rings. The first-order chi connectivity index (χ1) is 10.3. The minimum Gasteiger partial charge on any atom is -0.309 e. The number of hydrogen-bond acceptors (Lipinski definition) is 3. The molecule has 0 radical (unpaired) electrons. The Morgan fingerprint density at radius 3 is 1.95 bits per heavy atom. The molecule has 0 aliphatic carbocycles. The summed E-state index contributed by atoms with van der Waals surface area (Å²) in [6.07, 6.45) is 5.80. The molecule has 0 saturated heterocycles. The smallest absolute Gasteiger partial charge is 0.0259 e. The summed E-state index contributed by atoms with van der Waals surface area (Å²) in [5.74, 6) is 1.02. The lowest BCUT2D eigenvalue weighted by atomic mass is 9.87. The Morgan fingerprint density at radius 2 is 1.59 bits per heavy atom. The summed E-state index contributed by atoms with van der Waals surface area (Å²) < 4.78 is 2.46. The minimum absolute atomic E-state index is 0.403. The molecular weight excluding hydrogens is 288 g/mol. The Labute approximate surface area is 146 Å². The van der Waals surface area contributed by atoms with Crippen LogP contribution in [0.2, 0.25) is 0 Å². The molecule has 0 atom stereocenters. The monoisotopic (exact) mass is 332 g/mol. The van der Waals surface area contributed by atoms with Crippen molar-refractivity contribution in [3.63, 3.8) is 0 Å². The van der Waals surface area contributed by atoms with Crippen LogP contribution in [0.15, 0.2) is 12.7 Å². The van der Waals surface area contributed by atoms with Crippen molar-refractivity contribution in [1.82, 2.24) is 9.21 Å². The van der Waals surface area contributed by atoms with Crippen molar-refractivity contribution in [2.75, 3.05) is 39.5 Å². The second kappa shape index (κ2) is 19.1. The lowest BCUT2D eigenvalue weighted by Gasteiger charge is -2.31. The Balaban J connectivity index is -0.000000637. The molecule has 0 fully saturated rings. The average molecular weight is 333 g/mol. The van der Waals surface area contributed by atoms with Gasteiger partial charge in [0.1, 0.15) is 0 Å². The number of rotatable bonds is 10. The van der Waals surface area contributed by atoms with Crippen LogP contribution in [0, 0.1) is 5.41 Å². The maximum absolute atomic E-state index is 3.78. The first kappa shape index (κ1) is 26.9. The zero-order valence-electron chi connectivity index (χ0n) is 17.0. The molecule has 0 aromatic carbocycles. The van der Waals surface area contributed by atoms with Crippen LogP contribution < -0.4 is 0 Å². The maximum atomic E-state index is 3.78. The third-order valence-electron chi connectivity index (χ3n) is 2.79. The molecule has 0 aromatic heterocycles. The van der Waals surface area contributed by atoms with E-state index in [1.807, 2.05) is 31.9 Å². The summed E-state index contributed by atoms with van der Waals surface area (Å²) in [7, 11) is 4.29. The van der Waals surface area contributed by atoms with Crippen LogP contribution in [0.4, 0.5) is 0 Å². The molecule has 0 amide bonds. The molecule has 3 heteroatoms. The highest BCUT2D eigenvalue weighted by molar-refractivity contribution is 7.97. The maximum Gasteiger partial charge on any atom is 0.0259 e. The zero-order valence-corrected chi connectivity index (χ0v) is 17.9. The van der Waals surface area contributed by atoms with E-state index in [-0.39, 0.29) is 0 Å². The van der Waals surface area contributed by atoms with Gasteiger partial charge in [-0.05, 0) is 38.9 Å². The van der Waals surface area contributed by atoms with E-state index in [1.165, 1.54) is 25.8 Å². The van der Waals surface area contributed by atoms with E-state index in [0.29, 0.717) is 5.41 Å². The van der Waals surface area contributed by atoms with E-state index >= 15 is 0 Å². The van der Waals surface area contributed by atoms with Crippen LogP contribution in [0.3, 0.4) is 0 Å². The quantitative estimate of drug-likeness (QED) is 0.360. The van der Waals surface area contributed by atoms with Gasteiger partial charge in [-0.15, -0.1) is 6.58 Å². The van der Waals surface area contributed by atoms with E-state index in [9.17, 15) is 0 Å². The standard InChI is InChI=1S/C14H30N2S.C3H8.C2H6/c1-7-12-17-16(8-2)13-14(3,4)10-9-11-15(5)6;1-3-2;1-2/h7H,1,8-13H2,2-6H3;3H2,1-2H3;1-2H3. The highest BCUT2D eigenvalue weighted by Gasteiger charge is 2.20. The Kier molecular flexibility index (Phi) is 23.3. The fourth-order valence-corrected chi connectivity index (χ4v) is 2.78. The molecule has 0 aromatic rings. The predicted molar refractivity (Wildman–Crippen MR) is 109 cm³/mol. The van der Waals surface area contributed by atoms with Crippen molar-refractivity contribution < 1.29 is 0 Å². The molecule has 0 aliphatic heterocycles. The first-order valence-electron chi connectivity index (χ1n) is 8.96. The molecular formula is C19H44N2S. The normalized spacial score (nSPS) is 10.7. The summed E-state index contributed by atoms with van der Waals surface area (Å²) in [4.78, 5) is 2.26. The fourth-order valence-electron chi connectivity index (χ4n) is 1.84. The molecule has 0 bridgehead atoms. The van der Waals surface area contributed by atoms with Crippen LogP contribution in [-0.4, -0.2) is 48.7 Å². The second-order valence-electron chi connectivity index (χ2n) is 6.32. The summed E-state index contributed by atoms with van der Waals surface area (Å²) >= 11 is 1.89. The van der Waals surface area contributed by atoms with Crippen LogP contribution >= 0.6 is 11.9 Å². The summed E-state index contributed by atoms with van der Waals surface area (Å²) in [6.45, 7) is 22.5. The highest BCUT2D eigenvalue weighted by Crippen LogP contribution is 2.26. The Morgan fingerprint density at radius 1 is 1.09 bits per heavy atom. The molecule has 0 rings (SSSR count). The van der Waals surface area contributed by atoms with Crippen molar-refractivity contribution in [3.8, 4) is 0 Å². The minimum atomic E-state index is 0.403. The Hall–Kier alpha value is 0.01000. The first-order valence-corrected chi connectivity index (χ1v) is 9.90. The van der Waals surface area contributed by atoms with Crippen LogP contribution in [0.1, 0.15) is 67.7 Å². The molecule has 0 saturated carbocycles. The average Bonchev–Trinajstić information content (AvgIpc) is 2.45. The molecule has 0 spiro atoms. The van der Waals surface area contributed by atoms with E-state index < -0.39 is 0 Å². The third kappa shape index (κ3) is 22.3. The highest BCUT2D eigenvalue weighted by atomic mass is 32.2. The van der Waals surface area contributed by atoms with Crippen molar-refractivity contribution in [2.45, 2.75) is 67.7 Å². The van der Waals surface area contributed by atoms with E-state index in [2.05, 4.69) is 64.5 Å². The van der Waals surface area contributed by atoms with Crippen molar-refractivity contribution in [1.29, 1.82) is 0 Å². The van der Waals surface area contributed by atoms with Crippen molar-refractivity contribution >= 4 is 11.9 Å². The molecule has 136 valence electrons. The topological polar surface area (TPSA) is 6.48 Å². The fraction of sp³-hybridized carbons (Fsp3) is 0.895. The van der Waals surface area contributed by atoms with Gasteiger partial charge in [0.05, 0.1) is 0 Å². The lowest BCUT2D eigenvalue weighted by Crippen LogP contribution is -2.30. The third-order valence-corrected chi connectivity index (χ3v) is 3.93. The molecule has 0 heterocycles. The summed E-state index contributed by atoms with van der Waals surface area (Å²) in [5.41, 5.74) is 0.403. The lowest BCUT2D eigenvalue weighted by molar-refractivity contribution is 0.242. The molecule has 0 unspecified atom stereocenters. The van der Waals surface area contributed by atoms with Crippen LogP contribution in [0.25, 0.3) is 0 Å². The van der Waals surface area contributed by atoms with Gasteiger partial charge >= 0.3 is 0 Å². The summed E-state index contributed by atoms with van der Waals surface area (Å²) in [6, 6.07) is 0. The zero-order chi connectivity index (χ0) is 18.0. The Bertz CT molecular complexity index is 215. The van der Waals surface area contributed by atoms with Gasteiger partial charge in [-0.3, -0.25) is 4.31 Å².